The molecule has 1 rings (SSSR count). The van der Waals surface area contributed by atoms with Crippen LogP contribution >= 0.6 is 0 Å². The molecule has 0 aliphatic carbocycles. The minimum atomic E-state index is 0.435. The molecule has 2 heteroatoms. The van der Waals surface area contributed by atoms with E-state index in [1.165, 1.54) is 31.2 Å². The van der Waals surface area contributed by atoms with Gasteiger partial charge in [0.25, 0.3) is 0 Å². The molecule has 2 nitrogen and oxygen atoms in total. The quantitative estimate of drug-likeness (QED) is 0.683. The molecule has 0 aliphatic rings. The van der Waals surface area contributed by atoms with Crippen molar-refractivity contribution in [3.05, 3.63) is 29.8 Å². The van der Waals surface area contributed by atoms with Crippen LogP contribution < -0.4 is 10.1 Å². The van der Waals surface area contributed by atoms with Crippen molar-refractivity contribution >= 4 is 0 Å². The number of likely N-dealkylation sites (N-methyl/N-ethyl adjacent to an activating group) is 1. The van der Waals surface area contributed by atoms with Crippen molar-refractivity contribution in [2.45, 2.75) is 59.4 Å². The Kier molecular flexibility index (Phi) is 8.36. The van der Waals surface area contributed by atoms with Gasteiger partial charge in [-0.05, 0) is 43.0 Å². The average Bonchev–Trinajstić information content (AvgIpc) is 2.49. The van der Waals surface area contributed by atoms with Crippen LogP contribution in [0.15, 0.2) is 24.3 Å². The molecule has 0 bridgehead atoms. The summed E-state index contributed by atoms with van der Waals surface area (Å²) >= 11 is 0. The first-order chi connectivity index (χ1) is 9.71. The van der Waals surface area contributed by atoms with Gasteiger partial charge in [-0.1, -0.05) is 52.7 Å². The number of nitrogens with one attached hydrogen (secondary N) is 1. The number of hydrogen-bond donors (Lipinski definition) is 1. The SMILES string of the molecule is CCCCc1ccc(OCC(NCC)C(C)CC)cc1. The second kappa shape index (κ2) is 9.82. The van der Waals surface area contributed by atoms with E-state index in [1.807, 2.05) is 0 Å². The number of rotatable bonds is 10. The highest BCUT2D eigenvalue weighted by Crippen LogP contribution is 2.16. The Labute approximate surface area is 124 Å². The molecular formula is C18H31NO. The van der Waals surface area contributed by atoms with Gasteiger partial charge in [0.05, 0.1) is 0 Å². The predicted octanol–water partition coefficient (Wildman–Crippen LogP) is 4.43. The molecule has 1 N–H and O–H groups in total. The Balaban J connectivity index is 2.46. The number of ether oxygens (including phenoxy) is 1. The third kappa shape index (κ3) is 5.96. The van der Waals surface area contributed by atoms with Crippen molar-refractivity contribution in [2.75, 3.05) is 13.2 Å². The van der Waals surface area contributed by atoms with Crippen molar-refractivity contribution < 1.29 is 4.74 Å². The average molecular weight is 277 g/mol. The molecule has 0 fully saturated rings. The van der Waals surface area contributed by atoms with E-state index < -0.39 is 0 Å². The lowest BCUT2D eigenvalue weighted by Gasteiger charge is -2.24. The lowest BCUT2D eigenvalue weighted by atomic mass is 10.00. The highest BCUT2D eigenvalue weighted by molar-refractivity contribution is 5.27. The summed E-state index contributed by atoms with van der Waals surface area (Å²) in [4.78, 5) is 0. The monoisotopic (exact) mass is 277 g/mol. The Morgan fingerprint density at radius 1 is 1.10 bits per heavy atom. The molecule has 0 aromatic heterocycles. The van der Waals surface area contributed by atoms with Crippen molar-refractivity contribution in [1.29, 1.82) is 0 Å². The van der Waals surface area contributed by atoms with Crippen molar-refractivity contribution in [2.24, 2.45) is 5.92 Å². The largest absolute Gasteiger partial charge is 0.492 e. The van der Waals surface area contributed by atoms with E-state index in [2.05, 4.69) is 57.3 Å². The Morgan fingerprint density at radius 2 is 1.80 bits per heavy atom. The molecule has 0 saturated heterocycles. The molecule has 0 saturated carbocycles. The maximum Gasteiger partial charge on any atom is 0.119 e. The van der Waals surface area contributed by atoms with Gasteiger partial charge in [-0.3, -0.25) is 0 Å². The zero-order chi connectivity index (χ0) is 14.8. The van der Waals surface area contributed by atoms with Gasteiger partial charge >= 0.3 is 0 Å². The zero-order valence-electron chi connectivity index (χ0n) is 13.6. The first-order valence-electron chi connectivity index (χ1n) is 8.16. The Bertz CT molecular complexity index is 347. The van der Waals surface area contributed by atoms with E-state index in [0.717, 1.165) is 18.9 Å². The van der Waals surface area contributed by atoms with Gasteiger partial charge in [0.1, 0.15) is 12.4 Å². The van der Waals surface area contributed by atoms with Gasteiger partial charge in [-0.25, -0.2) is 0 Å². The molecule has 2 unspecified atom stereocenters. The third-order valence-electron chi connectivity index (χ3n) is 3.97. The van der Waals surface area contributed by atoms with Crippen LogP contribution in [-0.2, 0) is 6.42 Å². The molecule has 0 radical (unpaired) electrons. The van der Waals surface area contributed by atoms with Crippen LogP contribution in [0.2, 0.25) is 0 Å². The fraction of sp³-hybridized carbons (Fsp3) is 0.667. The van der Waals surface area contributed by atoms with Crippen LogP contribution in [0.4, 0.5) is 0 Å². The molecule has 2 atom stereocenters. The summed E-state index contributed by atoms with van der Waals surface area (Å²) in [5.74, 6) is 1.62. The molecule has 0 heterocycles. The van der Waals surface area contributed by atoms with Crippen LogP contribution in [0.5, 0.6) is 5.75 Å². The van der Waals surface area contributed by atoms with Crippen LogP contribution in [0.1, 0.15) is 52.5 Å². The minimum Gasteiger partial charge on any atom is -0.492 e. The van der Waals surface area contributed by atoms with Crippen LogP contribution in [0, 0.1) is 5.92 Å². The van der Waals surface area contributed by atoms with Gasteiger partial charge < -0.3 is 10.1 Å². The third-order valence-corrected chi connectivity index (χ3v) is 3.97. The van der Waals surface area contributed by atoms with Gasteiger partial charge in [-0.2, -0.15) is 0 Å². The molecule has 1 aromatic carbocycles. The number of hydrogen-bond acceptors (Lipinski definition) is 2. The maximum absolute atomic E-state index is 5.94. The summed E-state index contributed by atoms with van der Waals surface area (Å²) in [5.41, 5.74) is 1.41. The Morgan fingerprint density at radius 3 is 2.35 bits per heavy atom. The highest BCUT2D eigenvalue weighted by Gasteiger charge is 2.15. The van der Waals surface area contributed by atoms with E-state index in [1.54, 1.807) is 0 Å². The molecule has 1 aromatic rings. The highest BCUT2D eigenvalue weighted by atomic mass is 16.5. The standard InChI is InChI=1S/C18H31NO/c1-5-8-9-16-10-12-17(13-11-16)20-14-18(19-7-3)15(4)6-2/h10-13,15,18-19H,5-9,14H2,1-4H3. The fourth-order valence-corrected chi connectivity index (χ4v) is 2.29. The zero-order valence-corrected chi connectivity index (χ0v) is 13.6. The summed E-state index contributed by atoms with van der Waals surface area (Å²) in [6, 6.07) is 9.02. The van der Waals surface area contributed by atoms with Gasteiger partial charge in [0.2, 0.25) is 0 Å². The molecule has 0 amide bonds. The van der Waals surface area contributed by atoms with Crippen molar-refractivity contribution in [3.63, 3.8) is 0 Å². The number of unbranched alkanes of at least 4 members (excludes halogenated alkanes) is 1. The number of aryl methyl sites for hydroxylation is 1. The predicted molar refractivity (Wildman–Crippen MR) is 87.5 cm³/mol. The van der Waals surface area contributed by atoms with E-state index >= 15 is 0 Å². The fourth-order valence-electron chi connectivity index (χ4n) is 2.29. The van der Waals surface area contributed by atoms with E-state index in [-0.39, 0.29) is 0 Å². The summed E-state index contributed by atoms with van der Waals surface area (Å²) < 4.78 is 5.94. The molecule has 20 heavy (non-hydrogen) atoms. The van der Waals surface area contributed by atoms with Gasteiger partial charge in [0, 0.05) is 6.04 Å². The summed E-state index contributed by atoms with van der Waals surface area (Å²) in [5, 5.41) is 3.52. The topological polar surface area (TPSA) is 21.3 Å². The van der Waals surface area contributed by atoms with Crippen molar-refractivity contribution in [1.82, 2.24) is 5.32 Å². The molecule has 0 spiro atoms. The van der Waals surface area contributed by atoms with Gasteiger partial charge in [-0.15, -0.1) is 0 Å². The van der Waals surface area contributed by atoms with Crippen LogP contribution in [0.3, 0.4) is 0 Å². The summed E-state index contributed by atoms with van der Waals surface area (Å²) in [6.07, 6.45) is 4.86. The normalized spacial score (nSPS) is 14.0. The smallest absolute Gasteiger partial charge is 0.119 e. The van der Waals surface area contributed by atoms with E-state index in [9.17, 15) is 0 Å². The summed E-state index contributed by atoms with van der Waals surface area (Å²) in [6.45, 7) is 10.6. The van der Waals surface area contributed by atoms with Crippen LogP contribution in [-0.4, -0.2) is 19.2 Å². The summed E-state index contributed by atoms with van der Waals surface area (Å²) in [7, 11) is 0. The first kappa shape index (κ1) is 17.0. The lowest BCUT2D eigenvalue weighted by Crippen LogP contribution is -2.39. The molecule has 0 aliphatic heterocycles. The van der Waals surface area contributed by atoms with Gasteiger partial charge in [0.15, 0.2) is 0 Å². The maximum atomic E-state index is 5.94. The second-order valence-electron chi connectivity index (χ2n) is 5.61. The first-order valence-corrected chi connectivity index (χ1v) is 8.16. The molecule has 114 valence electrons. The van der Waals surface area contributed by atoms with Crippen molar-refractivity contribution in [3.8, 4) is 5.75 Å². The number of benzene rings is 1. The Hall–Kier alpha value is -1.02. The van der Waals surface area contributed by atoms with Crippen LogP contribution in [0.25, 0.3) is 0 Å². The van der Waals surface area contributed by atoms with E-state index in [0.29, 0.717) is 12.0 Å². The minimum absolute atomic E-state index is 0.435. The molecular weight excluding hydrogens is 246 g/mol. The second-order valence-corrected chi connectivity index (χ2v) is 5.61. The lowest BCUT2D eigenvalue weighted by molar-refractivity contribution is 0.222. The van der Waals surface area contributed by atoms with E-state index in [4.69, 9.17) is 4.74 Å².